The molecular formula is C13H18N2O4. The lowest BCUT2D eigenvalue weighted by Crippen LogP contribution is -2.45. The van der Waals surface area contributed by atoms with Crippen LogP contribution in [0, 0.1) is 6.92 Å². The van der Waals surface area contributed by atoms with Gasteiger partial charge in [0.1, 0.15) is 17.1 Å². The molecule has 1 fully saturated rings. The van der Waals surface area contributed by atoms with Crippen LogP contribution < -0.4 is 10.6 Å². The van der Waals surface area contributed by atoms with Gasteiger partial charge in [0.2, 0.25) is 5.91 Å². The summed E-state index contributed by atoms with van der Waals surface area (Å²) in [6.07, 6.45) is 1.36. The number of ether oxygens (including phenoxy) is 1. The van der Waals surface area contributed by atoms with Crippen LogP contribution in [0.4, 0.5) is 0 Å². The van der Waals surface area contributed by atoms with Gasteiger partial charge in [-0.3, -0.25) is 4.79 Å². The van der Waals surface area contributed by atoms with Crippen molar-refractivity contribution < 1.29 is 18.7 Å². The Bertz CT molecular complexity index is 471. The molecule has 1 amide bonds. The van der Waals surface area contributed by atoms with Crippen molar-refractivity contribution in [2.75, 3.05) is 13.7 Å². The minimum Gasteiger partial charge on any atom is -0.465 e. The fraction of sp³-hybridized carbons (Fsp3) is 0.538. The van der Waals surface area contributed by atoms with E-state index in [1.54, 1.807) is 13.0 Å². The van der Waals surface area contributed by atoms with Crippen LogP contribution in [0.1, 0.15) is 34.7 Å². The zero-order chi connectivity index (χ0) is 13.8. The SMILES string of the molecule is COC(=O)c1cc(CNC2CCC(=O)NC2)oc1C. The van der Waals surface area contributed by atoms with E-state index in [1.165, 1.54) is 7.11 Å². The highest BCUT2D eigenvalue weighted by molar-refractivity contribution is 5.90. The lowest BCUT2D eigenvalue weighted by Gasteiger charge is -2.22. The molecule has 0 spiro atoms. The third-order valence-electron chi connectivity index (χ3n) is 3.20. The molecule has 0 radical (unpaired) electrons. The van der Waals surface area contributed by atoms with Gasteiger partial charge < -0.3 is 19.8 Å². The molecule has 6 heteroatoms. The predicted octanol–water partition coefficient (Wildman–Crippen LogP) is 0.743. The van der Waals surface area contributed by atoms with Crippen LogP contribution in [0.25, 0.3) is 0 Å². The Labute approximate surface area is 111 Å². The molecule has 0 bridgehead atoms. The van der Waals surface area contributed by atoms with Gasteiger partial charge in [0.05, 0.1) is 13.7 Å². The molecule has 6 nitrogen and oxygen atoms in total. The van der Waals surface area contributed by atoms with Crippen molar-refractivity contribution in [1.82, 2.24) is 10.6 Å². The molecule has 1 aliphatic rings. The molecule has 1 aliphatic heterocycles. The Kier molecular flexibility index (Phi) is 4.21. The number of methoxy groups -OCH3 is 1. The first-order valence-electron chi connectivity index (χ1n) is 6.28. The van der Waals surface area contributed by atoms with E-state index >= 15 is 0 Å². The number of nitrogens with one attached hydrogen (secondary N) is 2. The smallest absolute Gasteiger partial charge is 0.341 e. The molecule has 1 saturated heterocycles. The van der Waals surface area contributed by atoms with E-state index in [0.717, 1.165) is 6.42 Å². The normalized spacial score (nSPS) is 19.1. The van der Waals surface area contributed by atoms with Gasteiger partial charge in [-0.1, -0.05) is 0 Å². The van der Waals surface area contributed by atoms with Crippen molar-refractivity contribution in [3.63, 3.8) is 0 Å². The molecule has 19 heavy (non-hydrogen) atoms. The molecule has 1 atom stereocenters. The summed E-state index contributed by atoms with van der Waals surface area (Å²) < 4.78 is 10.2. The second kappa shape index (κ2) is 5.88. The Balaban J connectivity index is 1.89. The zero-order valence-electron chi connectivity index (χ0n) is 11.1. The summed E-state index contributed by atoms with van der Waals surface area (Å²) in [5.41, 5.74) is 0.455. The summed E-state index contributed by atoms with van der Waals surface area (Å²) in [5, 5.41) is 6.10. The summed E-state index contributed by atoms with van der Waals surface area (Å²) in [4.78, 5) is 22.5. The van der Waals surface area contributed by atoms with Crippen molar-refractivity contribution in [2.24, 2.45) is 0 Å². The van der Waals surface area contributed by atoms with Crippen LogP contribution in [0.3, 0.4) is 0 Å². The van der Waals surface area contributed by atoms with Gasteiger partial charge in [0.25, 0.3) is 0 Å². The zero-order valence-corrected chi connectivity index (χ0v) is 11.1. The maximum Gasteiger partial charge on any atom is 0.341 e. The minimum atomic E-state index is -0.391. The molecule has 2 heterocycles. The fourth-order valence-electron chi connectivity index (χ4n) is 2.10. The quantitative estimate of drug-likeness (QED) is 0.786. The van der Waals surface area contributed by atoms with E-state index < -0.39 is 5.97 Å². The highest BCUT2D eigenvalue weighted by Gasteiger charge is 2.19. The second-order valence-corrected chi connectivity index (χ2v) is 4.59. The third-order valence-corrected chi connectivity index (χ3v) is 3.20. The first-order chi connectivity index (χ1) is 9.10. The highest BCUT2D eigenvalue weighted by Crippen LogP contribution is 2.16. The van der Waals surface area contributed by atoms with Gasteiger partial charge in [-0.15, -0.1) is 0 Å². The monoisotopic (exact) mass is 266 g/mol. The minimum absolute atomic E-state index is 0.0971. The average Bonchev–Trinajstić information content (AvgIpc) is 2.78. The van der Waals surface area contributed by atoms with Gasteiger partial charge in [-0.25, -0.2) is 4.79 Å². The number of rotatable bonds is 4. The second-order valence-electron chi connectivity index (χ2n) is 4.59. The Morgan fingerprint density at radius 3 is 3.05 bits per heavy atom. The van der Waals surface area contributed by atoms with Crippen molar-refractivity contribution in [3.05, 3.63) is 23.2 Å². The van der Waals surface area contributed by atoms with E-state index in [2.05, 4.69) is 15.4 Å². The van der Waals surface area contributed by atoms with Crippen molar-refractivity contribution in [1.29, 1.82) is 0 Å². The summed E-state index contributed by atoms with van der Waals surface area (Å²) in [6, 6.07) is 1.93. The Morgan fingerprint density at radius 1 is 1.63 bits per heavy atom. The first kappa shape index (κ1) is 13.6. The number of amides is 1. The van der Waals surface area contributed by atoms with E-state index in [0.29, 0.717) is 36.6 Å². The van der Waals surface area contributed by atoms with E-state index in [9.17, 15) is 9.59 Å². The maximum absolute atomic E-state index is 11.4. The summed E-state index contributed by atoms with van der Waals surface area (Å²) >= 11 is 0. The molecule has 0 aliphatic carbocycles. The number of furan rings is 1. The summed E-state index contributed by atoms with van der Waals surface area (Å²) in [5.74, 6) is 0.952. The lowest BCUT2D eigenvalue weighted by molar-refractivity contribution is -0.122. The number of hydrogen-bond acceptors (Lipinski definition) is 5. The van der Waals surface area contributed by atoms with Crippen LogP contribution in [0.15, 0.2) is 10.5 Å². The number of hydrogen-bond donors (Lipinski definition) is 2. The molecule has 0 saturated carbocycles. The third kappa shape index (κ3) is 3.35. The molecular weight excluding hydrogens is 248 g/mol. The average molecular weight is 266 g/mol. The van der Waals surface area contributed by atoms with Gasteiger partial charge >= 0.3 is 5.97 Å². The molecule has 1 aromatic heterocycles. The Hall–Kier alpha value is -1.82. The van der Waals surface area contributed by atoms with Gasteiger partial charge in [0, 0.05) is 19.0 Å². The van der Waals surface area contributed by atoms with Crippen molar-refractivity contribution >= 4 is 11.9 Å². The van der Waals surface area contributed by atoms with Crippen molar-refractivity contribution in [2.45, 2.75) is 32.4 Å². The number of esters is 1. The van der Waals surface area contributed by atoms with E-state index in [1.807, 2.05) is 0 Å². The van der Waals surface area contributed by atoms with Crippen LogP contribution in [0.5, 0.6) is 0 Å². The largest absolute Gasteiger partial charge is 0.465 e. The van der Waals surface area contributed by atoms with Gasteiger partial charge in [-0.05, 0) is 19.4 Å². The molecule has 2 N–H and O–H groups in total. The number of carbonyl (C=O) groups is 2. The lowest BCUT2D eigenvalue weighted by atomic mass is 10.1. The van der Waals surface area contributed by atoms with E-state index in [-0.39, 0.29) is 11.9 Å². The summed E-state index contributed by atoms with van der Waals surface area (Å²) in [6.45, 7) is 2.89. The van der Waals surface area contributed by atoms with Crippen LogP contribution in [-0.2, 0) is 16.1 Å². The molecule has 1 unspecified atom stereocenters. The molecule has 2 rings (SSSR count). The van der Waals surface area contributed by atoms with Gasteiger partial charge in [-0.2, -0.15) is 0 Å². The van der Waals surface area contributed by atoms with Gasteiger partial charge in [0.15, 0.2) is 0 Å². The molecule has 0 aromatic carbocycles. The van der Waals surface area contributed by atoms with Crippen LogP contribution >= 0.6 is 0 Å². The molecule has 104 valence electrons. The predicted molar refractivity (Wildman–Crippen MR) is 67.7 cm³/mol. The fourth-order valence-corrected chi connectivity index (χ4v) is 2.10. The Morgan fingerprint density at radius 2 is 2.42 bits per heavy atom. The van der Waals surface area contributed by atoms with Crippen LogP contribution in [-0.4, -0.2) is 31.6 Å². The molecule has 1 aromatic rings. The number of carbonyl (C=O) groups excluding carboxylic acids is 2. The van der Waals surface area contributed by atoms with Crippen molar-refractivity contribution in [3.8, 4) is 0 Å². The number of aryl methyl sites for hydroxylation is 1. The van der Waals surface area contributed by atoms with Crippen LogP contribution in [0.2, 0.25) is 0 Å². The highest BCUT2D eigenvalue weighted by atomic mass is 16.5. The maximum atomic E-state index is 11.4. The summed E-state index contributed by atoms with van der Waals surface area (Å²) in [7, 11) is 1.34. The number of piperidine rings is 1. The first-order valence-corrected chi connectivity index (χ1v) is 6.28. The topological polar surface area (TPSA) is 80.6 Å². The van der Waals surface area contributed by atoms with E-state index in [4.69, 9.17) is 4.42 Å². The standard InChI is InChI=1S/C13H18N2O4/c1-8-11(13(17)18-2)5-10(19-8)7-14-9-3-4-12(16)15-6-9/h5,9,14H,3-4,6-7H2,1-2H3,(H,15,16).